The van der Waals surface area contributed by atoms with Gasteiger partial charge in [-0.2, -0.15) is 0 Å². The monoisotopic (exact) mass is 403 g/mol. The van der Waals surface area contributed by atoms with Crippen molar-refractivity contribution in [1.29, 1.82) is 0 Å². The minimum absolute atomic E-state index is 0.241. The number of hydrogen-bond acceptors (Lipinski definition) is 5. The number of hydrogen-bond donors (Lipinski definition) is 1. The van der Waals surface area contributed by atoms with Crippen LogP contribution in [-0.4, -0.2) is 44.5 Å². The summed E-state index contributed by atoms with van der Waals surface area (Å²) in [7, 11) is 0. The highest BCUT2D eigenvalue weighted by molar-refractivity contribution is 7.17. The Balaban J connectivity index is 1.48. The molecule has 0 spiro atoms. The van der Waals surface area contributed by atoms with E-state index in [-0.39, 0.29) is 18.1 Å². The Bertz CT molecular complexity index is 827. The van der Waals surface area contributed by atoms with Crippen LogP contribution in [0.1, 0.15) is 49.0 Å². The number of fused-ring (bicyclic) bond motifs is 1. The molecule has 152 valence electrons. The predicted octanol–water partition coefficient (Wildman–Crippen LogP) is 4.39. The fourth-order valence-corrected chi connectivity index (χ4v) is 4.32. The lowest BCUT2D eigenvalue weighted by Gasteiger charge is -2.22. The van der Waals surface area contributed by atoms with Crippen molar-refractivity contribution in [3.05, 3.63) is 40.8 Å². The molecular weight excluding hydrogens is 374 g/mol. The summed E-state index contributed by atoms with van der Waals surface area (Å²) in [5.41, 5.74) is 8.54. The van der Waals surface area contributed by atoms with Crippen LogP contribution < -0.4 is 5.73 Å². The average Bonchev–Trinajstić information content (AvgIpc) is 3.10. The summed E-state index contributed by atoms with van der Waals surface area (Å²) in [4.78, 5) is 11.5. The number of allylic oxidation sites excluding steroid dienone is 1. The van der Waals surface area contributed by atoms with Crippen LogP contribution in [0.2, 0.25) is 0 Å². The van der Waals surface area contributed by atoms with Crippen molar-refractivity contribution in [1.82, 2.24) is 0 Å². The molecule has 1 unspecified atom stereocenters. The van der Waals surface area contributed by atoms with E-state index in [1.54, 1.807) is 17.4 Å². The smallest absolute Gasteiger partial charge is 0.248 e. The van der Waals surface area contributed by atoms with E-state index >= 15 is 0 Å². The van der Waals surface area contributed by atoms with E-state index < -0.39 is 0 Å². The van der Waals surface area contributed by atoms with Gasteiger partial charge in [0.1, 0.15) is 0 Å². The third-order valence-electron chi connectivity index (χ3n) is 4.83. The van der Waals surface area contributed by atoms with E-state index in [4.69, 9.17) is 19.9 Å². The zero-order chi connectivity index (χ0) is 19.9. The summed E-state index contributed by atoms with van der Waals surface area (Å²) in [6, 6.07) is 5.68. The van der Waals surface area contributed by atoms with Crippen molar-refractivity contribution in [2.75, 3.05) is 26.4 Å². The van der Waals surface area contributed by atoms with Gasteiger partial charge in [-0.3, -0.25) is 4.79 Å². The van der Waals surface area contributed by atoms with Gasteiger partial charge in [0, 0.05) is 15.6 Å². The minimum atomic E-state index is -0.386. The van der Waals surface area contributed by atoms with Gasteiger partial charge >= 0.3 is 0 Å². The Morgan fingerprint density at radius 3 is 2.79 bits per heavy atom. The van der Waals surface area contributed by atoms with Crippen LogP contribution in [0.15, 0.2) is 29.7 Å². The van der Waals surface area contributed by atoms with Crippen LogP contribution >= 0.6 is 11.3 Å². The van der Waals surface area contributed by atoms with Crippen molar-refractivity contribution >= 4 is 32.9 Å². The van der Waals surface area contributed by atoms with Crippen molar-refractivity contribution < 1.29 is 19.0 Å². The Labute approximate surface area is 170 Å². The molecule has 6 heteroatoms. The number of amides is 1. The van der Waals surface area contributed by atoms with Crippen LogP contribution in [-0.2, 0) is 14.2 Å². The molecule has 1 heterocycles. The van der Waals surface area contributed by atoms with Gasteiger partial charge < -0.3 is 19.9 Å². The summed E-state index contributed by atoms with van der Waals surface area (Å²) in [5, 5.41) is 3.29. The Morgan fingerprint density at radius 1 is 1.25 bits per heavy atom. The Hall–Kier alpha value is -1.73. The van der Waals surface area contributed by atoms with Gasteiger partial charge in [-0.1, -0.05) is 6.08 Å². The quantitative estimate of drug-likeness (QED) is 0.597. The van der Waals surface area contributed by atoms with Gasteiger partial charge in [0.2, 0.25) is 5.91 Å². The van der Waals surface area contributed by atoms with E-state index in [9.17, 15) is 4.79 Å². The molecule has 0 bridgehead atoms. The SMILES string of the molecule is CC(C)OCCOCCOC1CC=C(c2csc3ccc(C(N)=O)cc23)CC1. The molecule has 1 aromatic carbocycles. The maximum Gasteiger partial charge on any atom is 0.248 e. The fourth-order valence-electron chi connectivity index (χ4n) is 3.36. The zero-order valence-electron chi connectivity index (χ0n) is 16.6. The Kier molecular flexibility index (Phi) is 7.62. The maximum atomic E-state index is 11.5. The van der Waals surface area contributed by atoms with E-state index in [2.05, 4.69) is 11.5 Å². The highest BCUT2D eigenvalue weighted by atomic mass is 32.1. The first-order valence-corrected chi connectivity index (χ1v) is 10.7. The molecule has 28 heavy (non-hydrogen) atoms. The van der Waals surface area contributed by atoms with Crippen LogP contribution in [0.4, 0.5) is 0 Å². The second-order valence-electron chi connectivity index (χ2n) is 7.25. The molecular formula is C22H29NO4S. The highest BCUT2D eigenvalue weighted by Crippen LogP contribution is 2.36. The third kappa shape index (κ3) is 5.64. The second kappa shape index (κ2) is 10.2. The van der Waals surface area contributed by atoms with Gasteiger partial charge in [0.25, 0.3) is 0 Å². The highest BCUT2D eigenvalue weighted by Gasteiger charge is 2.18. The molecule has 3 rings (SSSR count). The van der Waals surface area contributed by atoms with Gasteiger partial charge in [-0.25, -0.2) is 0 Å². The number of carbonyl (C=O) groups is 1. The van der Waals surface area contributed by atoms with E-state index in [1.165, 1.54) is 15.8 Å². The molecule has 1 aliphatic rings. The zero-order valence-corrected chi connectivity index (χ0v) is 17.4. The first kappa shape index (κ1) is 21.0. The van der Waals surface area contributed by atoms with Gasteiger partial charge in [0.15, 0.2) is 0 Å². The van der Waals surface area contributed by atoms with Gasteiger partial charge in [-0.15, -0.1) is 11.3 Å². The number of primary amides is 1. The topological polar surface area (TPSA) is 70.8 Å². The van der Waals surface area contributed by atoms with Crippen LogP contribution in [0.3, 0.4) is 0 Å². The normalized spacial score (nSPS) is 17.2. The molecule has 0 saturated carbocycles. The molecule has 0 saturated heterocycles. The van der Waals surface area contributed by atoms with Crippen LogP contribution in [0.25, 0.3) is 15.7 Å². The van der Waals surface area contributed by atoms with E-state index in [1.807, 2.05) is 26.0 Å². The molecule has 2 aromatic rings. The van der Waals surface area contributed by atoms with E-state index in [0.29, 0.717) is 32.0 Å². The van der Waals surface area contributed by atoms with Crippen LogP contribution in [0.5, 0.6) is 0 Å². The summed E-state index contributed by atoms with van der Waals surface area (Å²) in [5.74, 6) is -0.386. The van der Waals surface area contributed by atoms with Crippen molar-refractivity contribution in [3.63, 3.8) is 0 Å². The first-order valence-electron chi connectivity index (χ1n) is 9.86. The fraction of sp³-hybridized carbons (Fsp3) is 0.500. The van der Waals surface area contributed by atoms with Crippen molar-refractivity contribution in [2.24, 2.45) is 5.73 Å². The predicted molar refractivity (Wildman–Crippen MR) is 114 cm³/mol. The molecule has 5 nitrogen and oxygen atoms in total. The van der Waals surface area contributed by atoms with Crippen LogP contribution in [0, 0.1) is 0 Å². The maximum absolute atomic E-state index is 11.5. The lowest BCUT2D eigenvalue weighted by atomic mass is 9.91. The molecule has 1 atom stereocenters. The second-order valence-corrected chi connectivity index (χ2v) is 8.16. The third-order valence-corrected chi connectivity index (χ3v) is 5.79. The van der Waals surface area contributed by atoms with Crippen molar-refractivity contribution in [2.45, 2.75) is 45.3 Å². The summed E-state index contributed by atoms with van der Waals surface area (Å²) in [6.07, 6.45) is 5.62. The summed E-state index contributed by atoms with van der Waals surface area (Å²) < 4.78 is 18.1. The van der Waals surface area contributed by atoms with Gasteiger partial charge in [-0.05, 0) is 67.8 Å². The number of nitrogens with two attached hydrogens (primary N) is 1. The van der Waals surface area contributed by atoms with Gasteiger partial charge in [0.05, 0.1) is 38.6 Å². The number of thiophene rings is 1. The molecule has 2 N–H and O–H groups in total. The number of rotatable bonds is 10. The molecule has 1 amide bonds. The lowest BCUT2D eigenvalue weighted by Crippen LogP contribution is -2.19. The number of ether oxygens (including phenoxy) is 3. The lowest BCUT2D eigenvalue weighted by molar-refractivity contribution is -0.0212. The van der Waals surface area contributed by atoms with E-state index in [0.717, 1.165) is 24.6 Å². The molecule has 0 fully saturated rings. The Morgan fingerprint density at radius 2 is 2.07 bits per heavy atom. The number of benzene rings is 1. The molecule has 1 aliphatic carbocycles. The largest absolute Gasteiger partial charge is 0.377 e. The summed E-state index contributed by atoms with van der Waals surface area (Å²) in [6.45, 7) is 6.47. The summed E-state index contributed by atoms with van der Waals surface area (Å²) >= 11 is 1.70. The standard InChI is InChI=1S/C22H29NO4S/c1-15(2)26-11-9-25-10-12-27-18-6-3-16(4-7-18)20-14-28-21-8-5-17(22(23)24)13-19(20)21/h3,5,8,13-15,18H,4,6-7,9-12H2,1-2H3,(H2,23,24). The molecule has 0 radical (unpaired) electrons. The number of carbonyl (C=O) groups excluding carboxylic acids is 1. The van der Waals surface area contributed by atoms with Crippen molar-refractivity contribution in [3.8, 4) is 0 Å². The molecule has 0 aliphatic heterocycles. The molecule has 1 aromatic heterocycles. The minimum Gasteiger partial charge on any atom is -0.377 e. The first-order chi connectivity index (χ1) is 13.5. The average molecular weight is 404 g/mol.